The summed E-state index contributed by atoms with van der Waals surface area (Å²) >= 11 is 0. The Morgan fingerprint density at radius 2 is 1.81 bits per heavy atom. The molecule has 2 aromatic rings. The first-order valence-corrected chi connectivity index (χ1v) is 8.78. The van der Waals surface area contributed by atoms with Gasteiger partial charge in [-0.25, -0.2) is 4.79 Å². The van der Waals surface area contributed by atoms with E-state index in [4.69, 9.17) is 5.11 Å². The number of carboxylic acids is 1. The van der Waals surface area contributed by atoms with E-state index in [1.54, 1.807) is 30.3 Å². The molecule has 0 spiro atoms. The first-order chi connectivity index (χ1) is 12.4. The van der Waals surface area contributed by atoms with Crippen LogP contribution in [0.1, 0.15) is 59.3 Å². The first kappa shape index (κ1) is 17.9. The molecule has 0 saturated carbocycles. The molecule has 3 rings (SSSR count). The van der Waals surface area contributed by atoms with Crippen LogP contribution in [0.4, 0.5) is 0 Å². The monoisotopic (exact) mass is 349 g/mol. The number of aryl methyl sites for hydroxylation is 1. The summed E-state index contributed by atoms with van der Waals surface area (Å²) in [7, 11) is 0. The topological polar surface area (TPSA) is 69.9 Å². The number of fused-ring (bicyclic) bond motifs is 1. The van der Waals surface area contributed by atoms with Gasteiger partial charge >= 0.3 is 5.97 Å². The molecule has 1 aliphatic rings. The van der Waals surface area contributed by atoms with Gasteiger partial charge < -0.3 is 10.3 Å². The van der Waals surface area contributed by atoms with E-state index in [0.717, 1.165) is 24.0 Å². The van der Waals surface area contributed by atoms with Gasteiger partial charge in [-0.15, -0.1) is 0 Å². The summed E-state index contributed by atoms with van der Waals surface area (Å²) in [6.45, 7) is 4.51. The maximum atomic E-state index is 10.9. The summed E-state index contributed by atoms with van der Waals surface area (Å²) in [5.41, 5.74) is 5.26. The molecule has 0 bridgehead atoms. The van der Waals surface area contributed by atoms with E-state index >= 15 is 0 Å². The van der Waals surface area contributed by atoms with Gasteiger partial charge in [-0.3, -0.25) is 0 Å². The number of allylic oxidation sites excluding steroid dienone is 1. The van der Waals surface area contributed by atoms with Crippen molar-refractivity contribution < 1.29 is 15.1 Å². The molecule has 4 heteroatoms. The van der Waals surface area contributed by atoms with E-state index in [2.05, 4.69) is 31.1 Å². The maximum absolute atomic E-state index is 10.9. The fourth-order valence-corrected chi connectivity index (χ4v) is 3.54. The largest absolute Gasteiger partial charge is 0.478 e. The van der Waals surface area contributed by atoms with Crippen molar-refractivity contribution in [3.63, 3.8) is 0 Å². The molecule has 26 heavy (non-hydrogen) atoms. The molecule has 0 unspecified atom stereocenters. The Labute approximate surface area is 153 Å². The molecule has 2 N–H and O–H groups in total. The van der Waals surface area contributed by atoms with E-state index in [9.17, 15) is 10.0 Å². The Hall–Kier alpha value is -2.88. The quantitative estimate of drug-likeness (QED) is 0.469. The zero-order valence-electron chi connectivity index (χ0n) is 15.1. The number of aromatic carboxylic acids is 1. The molecule has 0 amide bonds. The van der Waals surface area contributed by atoms with E-state index in [-0.39, 0.29) is 11.0 Å². The highest BCUT2D eigenvalue weighted by Gasteiger charge is 2.27. The van der Waals surface area contributed by atoms with Crippen LogP contribution in [0.3, 0.4) is 0 Å². The number of hydrogen-bond donors (Lipinski definition) is 2. The molecule has 0 saturated heterocycles. The Kier molecular flexibility index (Phi) is 4.94. The fourth-order valence-electron chi connectivity index (χ4n) is 3.54. The minimum absolute atomic E-state index is 0.126. The number of hydrogen-bond acceptors (Lipinski definition) is 3. The van der Waals surface area contributed by atoms with Gasteiger partial charge in [0, 0.05) is 5.56 Å². The summed E-state index contributed by atoms with van der Waals surface area (Å²) in [5, 5.41) is 21.9. The number of nitrogens with zero attached hydrogens (tertiary/aromatic N) is 1. The molecule has 0 radical (unpaired) electrons. The van der Waals surface area contributed by atoms with Crippen LogP contribution in [0.15, 0.2) is 53.7 Å². The van der Waals surface area contributed by atoms with Crippen LogP contribution in [0.5, 0.6) is 0 Å². The minimum atomic E-state index is -0.949. The van der Waals surface area contributed by atoms with E-state index in [1.807, 2.05) is 12.1 Å². The summed E-state index contributed by atoms with van der Waals surface area (Å²) in [5.74, 6) is -0.949. The molecule has 2 aromatic carbocycles. The lowest BCUT2D eigenvalue weighted by atomic mass is 9.72. The third-order valence-corrected chi connectivity index (χ3v) is 5.08. The summed E-state index contributed by atoms with van der Waals surface area (Å²) < 4.78 is 0. The van der Waals surface area contributed by atoms with Gasteiger partial charge in [0.1, 0.15) is 5.71 Å². The van der Waals surface area contributed by atoms with Crippen LogP contribution >= 0.6 is 0 Å². The van der Waals surface area contributed by atoms with Crippen molar-refractivity contribution in [1.82, 2.24) is 0 Å². The average molecular weight is 349 g/mol. The zero-order valence-corrected chi connectivity index (χ0v) is 15.1. The van der Waals surface area contributed by atoms with Crippen LogP contribution in [-0.4, -0.2) is 22.0 Å². The van der Waals surface area contributed by atoms with Crippen LogP contribution in [0.25, 0.3) is 6.08 Å². The van der Waals surface area contributed by atoms with Crippen LogP contribution in [0.2, 0.25) is 0 Å². The number of benzene rings is 2. The number of carboxylic acid groups (broad SMARTS) is 1. The van der Waals surface area contributed by atoms with Gasteiger partial charge in [0.25, 0.3) is 0 Å². The molecule has 0 heterocycles. The van der Waals surface area contributed by atoms with Crippen molar-refractivity contribution in [2.75, 3.05) is 0 Å². The second-order valence-corrected chi connectivity index (χ2v) is 7.36. The van der Waals surface area contributed by atoms with E-state index < -0.39 is 5.97 Å². The van der Waals surface area contributed by atoms with Gasteiger partial charge in [0.15, 0.2) is 0 Å². The molecule has 0 fully saturated rings. The van der Waals surface area contributed by atoms with E-state index in [1.165, 1.54) is 17.5 Å². The maximum Gasteiger partial charge on any atom is 0.335 e. The van der Waals surface area contributed by atoms with Gasteiger partial charge in [-0.05, 0) is 65.6 Å². The first-order valence-electron chi connectivity index (χ1n) is 8.78. The highest BCUT2D eigenvalue weighted by Crippen LogP contribution is 2.37. The summed E-state index contributed by atoms with van der Waals surface area (Å²) in [6.07, 6.45) is 7.00. The number of carbonyl (C=O) groups is 1. The standard InChI is InChI=1S/C22H23NO3/c1-22(2)13-3-4-16-10-11-18(14-19(16)22)20(23-26)12-7-15-5-8-17(9-6-15)21(24)25/h5-12,14,26H,3-4,13H2,1-2H3,(H,24,25)/b12-7-,23-20-. The van der Waals surface area contributed by atoms with Gasteiger partial charge in [-0.2, -0.15) is 0 Å². The second kappa shape index (κ2) is 7.16. The summed E-state index contributed by atoms with van der Waals surface area (Å²) in [6, 6.07) is 12.8. The molecule has 0 atom stereocenters. The van der Waals surface area contributed by atoms with Crippen molar-refractivity contribution in [3.05, 3.63) is 76.4 Å². The second-order valence-electron chi connectivity index (χ2n) is 7.36. The SMILES string of the molecule is CC1(C)CCCc2ccc(C(/C=C\c3ccc(C(=O)O)cc3)=N\O)cc21. The molecule has 1 aliphatic carbocycles. The van der Waals surface area contributed by atoms with Crippen LogP contribution in [0, 0.1) is 0 Å². The number of rotatable bonds is 4. The molecular weight excluding hydrogens is 326 g/mol. The van der Waals surface area contributed by atoms with E-state index in [0.29, 0.717) is 5.71 Å². The molecule has 0 aliphatic heterocycles. The lowest BCUT2D eigenvalue weighted by Gasteiger charge is -2.33. The smallest absolute Gasteiger partial charge is 0.335 e. The van der Waals surface area contributed by atoms with Crippen molar-refractivity contribution in [2.24, 2.45) is 5.16 Å². The Bertz CT molecular complexity index is 877. The third-order valence-electron chi connectivity index (χ3n) is 5.08. The van der Waals surface area contributed by atoms with Crippen molar-refractivity contribution in [1.29, 1.82) is 0 Å². The van der Waals surface area contributed by atoms with Crippen LogP contribution in [-0.2, 0) is 11.8 Å². The summed E-state index contributed by atoms with van der Waals surface area (Å²) in [4.78, 5) is 10.9. The highest BCUT2D eigenvalue weighted by atomic mass is 16.4. The Morgan fingerprint density at radius 3 is 2.46 bits per heavy atom. The van der Waals surface area contributed by atoms with Crippen molar-refractivity contribution >= 4 is 17.8 Å². The minimum Gasteiger partial charge on any atom is -0.478 e. The molecular formula is C22H23NO3. The molecule has 0 aromatic heterocycles. The Morgan fingerprint density at radius 1 is 1.12 bits per heavy atom. The molecule has 4 nitrogen and oxygen atoms in total. The highest BCUT2D eigenvalue weighted by molar-refractivity contribution is 6.10. The number of oxime groups is 1. The Balaban J connectivity index is 1.87. The molecule has 134 valence electrons. The average Bonchev–Trinajstić information content (AvgIpc) is 2.63. The van der Waals surface area contributed by atoms with Gasteiger partial charge in [-0.1, -0.05) is 49.3 Å². The van der Waals surface area contributed by atoms with Crippen LogP contribution < -0.4 is 0 Å². The fraction of sp³-hybridized carbons (Fsp3) is 0.273. The lowest BCUT2D eigenvalue weighted by molar-refractivity contribution is 0.0697. The predicted molar refractivity (Wildman–Crippen MR) is 103 cm³/mol. The van der Waals surface area contributed by atoms with Gasteiger partial charge in [0.2, 0.25) is 0 Å². The van der Waals surface area contributed by atoms with Crippen molar-refractivity contribution in [2.45, 2.75) is 38.5 Å². The normalized spacial score (nSPS) is 16.5. The van der Waals surface area contributed by atoms with Gasteiger partial charge in [0.05, 0.1) is 5.56 Å². The zero-order chi connectivity index (χ0) is 18.7. The van der Waals surface area contributed by atoms with Crippen molar-refractivity contribution in [3.8, 4) is 0 Å². The third kappa shape index (κ3) is 3.69. The predicted octanol–water partition coefficient (Wildman–Crippen LogP) is 4.89. The lowest BCUT2D eigenvalue weighted by Crippen LogP contribution is -2.24.